The highest BCUT2D eigenvalue weighted by Crippen LogP contribution is 2.19. The minimum absolute atomic E-state index is 1.01. The minimum Gasteiger partial charge on any atom is -0.312 e. The Morgan fingerprint density at radius 3 is 3.00 bits per heavy atom. The third kappa shape index (κ3) is 1.57. The van der Waals surface area contributed by atoms with Crippen molar-refractivity contribution in [3.05, 3.63) is 17.0 Å². The molecule has 3 heteroatoms. The van der Waals surface area contributed by atoms with Gasteiger partial charge in [0.1, 0.15) is 0 Å². The molecule has 0 bridgehead atoms. The van der Waals surface area contributed by atoms with E-state index in [1.54, 1.807) is 0 Å². The summed E-state index contributed by atoms with van der Waals surface area (Å²) in [5, 5.41) is 8.10. The van der Waals surface area contributed by atoms with E-state index in [2.05, 4.69) is 28.9 Å². The second-order valence-electron chi connectivity index (χ2n) is 3.86. The summed E-state index contributed by atoms with van der Waals surface area (Å²) < 4.78 is 2.18. The largest absolute Gasteiger partial charge is 0.312 e. The molecule has 0 unspecified atom stereocenters. The van der Waals surface area contributed by atoms with E-state index in [4.69, 9.17) is 0 Å². The fourth-order valence-corrected chi connectivity index (χ4v) is 2.19. The quantitative estimate of drug-likeness (QED) is 0.788. The van der Waals surface area contributed by atoms with Crippen molar-refractivity contribution in [3.8, 4) is 0 Å². The molecule has 0 aliphatic carbocycles. The minimum atomic E-state index is 1.01. The first-order chi connectivity index (χ1) is 6.86. The average Bonchev–Trinajstić information content (AvgIpc) is 2.58. The van der Waals surface area contributed by atoms with Crippen molar-refractivity contribution in [2.75, 3.05) is 6.54 Å². The Bertz CT molecular complexity index is 315. The van der Waals surface area contributed by atoms with Crippen molar-refractivity contribution in [1.29, 1.82) is 0 Å². The van der Waals surface area contributed by atoms with Gasteiger partial charge in [-0.05, 0) is 13.3 Å². The van der Waals surface area contributed by atoms with Gasteiger partial charge in [-0.2, -0.15) is 5.10 Å². The molecule has 14 heavy (non-hydrogen) atoms. The topological polar surface area (TPSA) is 29.9 Å². The molecule has 1 aliphatic heterocycles. The Morgan fingerprint density at radius 2 is 2.29 bits per heavy atom. The molecule has 3 nitrogen and oxygen atoms in total. The van der Waals surface area contributed by atoms with Crippen LogP contribution in [0.3, 0.4) is 0 Å². The van der Waals surface area contributed by atoms with Crippen LogP contribution >= 0.6 is 0 Å². The van der Waals surface area contributed by atoms with Gasteiger partial charge in [-0.25, -0.2) is 0 Å². The van der Waals surface area contributed by atoms with Crippen LogP contribution in [0.25, 0.3) is 0 Å². The fourth-order valence-electron chi connectivity index (χ4n) is 2.19. The smallest absolute Gasteiger partial charge is 0.0672 e. The highest BCUT2D eigenvalue weighted by Gasteiger charge is 2.18. The van der Waals surface area contributed by atoms with Crippen molar-refractivity contribution < 1.29 is 0 Å². The maximum Gasteiger partial charge on any atom is 0.0672 e. The van der Waals surface area contributed by atoms with Crippen LogP contribution in [0.4, 0.5) is 0 Å². The predicted molar refractivity (Wildman–Crippen MR) is 57.3 cm³/mol. The molecule has 0 aromatic carbocycles. The summed E-state index contributed by atoms with van der Waals surface area (Å²) in [6.07, 6.45) is 3.45. The van der Waals surface area contributed by atoms with E-state index in [1.807, 2.05) is 0 Å². The first-order valence-electron chi connectivity index (χ1n) is 5.65. The molecule has 0 atom stereocenters. The predicted octanol–water partition coefficient (Wildman–Crippen LogP) is 1.50. The normalized spacial score (nSPS) is 15.6. The lowest BCUT2D eigenvalue weighted by molar-refractivity contribution is 0.571. The molecule has 0 saturated carbocycles. The zero-order chi connectivity index (χ0) is 9.97. The van der Waals surface area contributed by atoms with Crippen molar-refractivity contribution in [3.63, 3.8) is 0 Å². The van der Waals surface area contributed by atoms with Gasteiger partial charge < -0.3 is 5.32 Å². The van der Waals surface area contributed by atoms with Gasteiger partial charge in [-0.3, -0.25) is 4.68 Å². The summed E-state index contributed by atoms with van der Waals surface area (Å²) >= 11 is 0. The number of hydrogen-bond donors (Lipinski definition) is 1. The lowest BCUT2D eigenvalue weighted by Gasteiger charge is -2.14. The SMILES string of the molecule is CCCc1nn(CC)c2c1CNCC2. The first-order valence-corrected chi connectivity index (χ1v) is 5.65. The average molecular weight is 193 g/mol. The van der Waals surface area contributed by atoms with Crippen LogP contribution < -0.4 is 5.32 Å². The van der Waals surface area contributed by atoms with Crippen LogP contribution in [0.15, 0.2) is 0 Å². The molecule has 0 fully saturated rings. The molecule has 1 aliphatic rings. The Labute approximate surface area is 85.5 Å². The van der Waals surface area contributed by atoms with Gasteiger partial charge in [-0.15, -0.1) is 0 Å². The number of aryl methyl sites for hydroxylation is 2. The van der Waals surface area contributed by atoms with Crippen LogP contribution in [-0.4, -0.2) is 16.3 Å². The van der Waals surface area contributed by atoms with Crippen LogP contribution in [0.1, 0.15) is 37.2 Å². The summed E-state index contributed by atoms with van der Waals surface area (Å²) in [7, 11) is 0. The van der Waals surface area contributed by atoms with Crippen molar-refractivity contribution in [2.45, 2.75) is 46.2 Å². The first kappa shape index (κ1) is 9.71. The van der Waals surface area contributed by atoms with Gasteiger partial charge in [0.05, 0.1) is 5.69 Å². The number of nitrogens with one attached hydrogen (secondary N) is 1. The highest BCUT2D eigenvalue weighted by molar-refractivity contribution is 5.28. The molecule has 0 spiro atoms. The Hall–Kier alpha value is -0.830. The summed E-state index contributed by atoms with van der Waals surface area (Å²) in [5.41, 5.74) is 4.26. The zero-order valence-electron chi connectivity index (χ0n) is 9.14. The Morgan fingerprint density at radius 1 is 1.43 bits per heavy atom. The van der Waals surface area contributed by atoms with Crippen molar-refractivity contribution >= 4 is 0 Å². The standard InChI is InChI=1S/C11H19N3/c1-3-5-10-9-8-12-7-6-11(9)14(4-2)13-10/h12H,3-8H2,1-2H3. The molecular formula is C11H19N3. The van der Waals surface area contributed by atoms with Crippen LogP contribution in [-0.2, 0) is 25.9 Å². The Kier molecular flexibility index (Phi) is 2.87. The van der Waals surface area contributed by atoms with Gasteiger partial charge in [0.2, 0.25) is 0 Å². The maximum atomic E-state index is 4.68. The molecule has 2 heterocycles. The zero-order valence-corrected chi connectivity index (χ0v) is 9.14. The summed E-state index contributed by atoms with van der Waals surface area (Å²) in [4.78, 5) is 0. The molecule has 0 radical (unpaired) electrons. The number of hydrogen-bond acceptors (Lipinski definition) is 2. The maximum absolute atomic E-state index is 4.68. The molecule has 78 valence electrons. The van der Waals surface area contributed by atoms with E-state index in [0.29, 0.717) is 0 Å². The second-order valence-corrected chi connectivity index (χ2v) is 3.86. The molecule has 1 N–H and O–H groups in total. The van der Waals surface area contributed by atoms with E-state index in [-0.39, 0.29) is 0 Å². The van der Waals surface area contributed by atoms with E-state index < -0.39 is 0 Å². The number of rotatable bonds is 3. The third-order valence-electron chi connectivity index (χ3n) is 2.88. The summed E-state index contributed by atoms with van der Waals surface area (Å²) in [6.45, 7) is 7.51. The lowest BCUT2D eigenvalue weighted by atomic mass is 10.0. The lowest BCUT2D eigenvalue weighted by Crippen LogP contribution is -2.25. The van der Waals surface area contributed by atoms with E-state index in [1.165, 1.54) is 23.4 Å². The molecular weight excluding hydrogens is 174 g/mol. The number of aromatic nitrogens is 2. The number of nitrogens with zero attached hydrogens (tertiary/aromatic N) is 2. The fraction of sp³-hybridized carbons (Fsp3) is 0.727. The van der Waals surface area contributed by atoms with Crippen molar-refractivity contribution in [1.82, 2.24) is 15.1 Å². The van der Waals surface area contributed by atoms with Crippen LogP contribution in [0, 0.1) is 0 Å². The molecule has 0 amide bonds. The van der Waals surface area contributed by atoms with Gasteiger partial charge in [-0.1, -0.05) is 13.3 Å². The van der Waals surface area contributed by atoms with E-state index in [0.717, 1.165) is 32.5 Å². The molecule has 0 saturated heterocycles. The molecule has 1 aromatic rings. The summed E-state index contributed by atoms with van der Waals surface area (Å²) in [5.74, 6) is 0. The third-order valence-corrected chi connectivity index (χ3v) is 2.88. The second kappa shape index (κ2) is 4.13. The monoisotopic (exact) mass is 193 g/mol. The van der Waals surface area contributed by atoms with Gasteiger partial charge in [0.25, 0.3) is 0 Å². The van der Waals surface area contributed by atoms with E-state index >= 15 is 0 Å². The van der Waals surface area contributed by atoms with Crippen LogP contribution in [0.5, 0.6) is 0 Å². The Balaban J connectivity index is 2.36. The van der Waals surface area contributed by atoms with Gasteiger partial charge in [0, 0.05) is 37.3 Å². The molecule has 2 rings (SSSR count). The molecule has 1 aromatic heterocycles. The van der Waals surface area contributed by atoms with Crippen molar-refractivity contribution in [2.24, 2.45) is 0 Å². The number of fused-ring (bicyclic) bond motifs is 1. The van der Waals surface area contributed by atoms with Gasteiger partial charge in [0.15, 0.2) is 0 Å². The van der Waals surface area contributed by atoms with Crippen LogP contribution in [0.2, 0.25) is 0 Å². The van der Waals surface area contributed by atoms with E-state index in [9.17, 15) is 0 Å². The highest BCUT2D eigenvalue weighted by atomic mass is 15.3. The van der Waals surface area contributed by atoms with Gasteiger partial charge >= 0.3 is 0 Å². The summed E-state index contributed by atoms with van der Waals surface area (Å²) in [6, 6.07) is 0.